The molecule has 15 heavy (non-hydrogen) atoms. The summed E-state index contributed by atoms with van der Waals surface area (Å²) >= 11 is 1.95. The number of carbonyl (C=O) groups is 1. The zero-order valence-electron chi connectivity index (χ0n) is 9.71. The van der Waals surface area contributed by atoms with Gasteiger partial charge < -0.3 is 11.1 Å². The van der Waals surface area contributed by atoms with Gasteiger partial charge in [-0.15, -0.1) is 0 Å². The van der Waals surface area contributed by atoms with Gasteiger partial charge in [0.1, 0.15) is 0 Å². The summed E-state index contributed by atoms with van der Waals surface area (Å²) in [7, 11) is 0. The lowest BCUT2D eigenvalue weighted by Gasteiger charge is -2.38. The Morgan fingerprint density at radius 1 is 1.60 bits per heavy atom. The van der Waals surface area contributed by atoms with E-state index in [2.05, 4.69) is 12.2 Å². The van der Waals surface area contributed by atoms with Crippen LogP contribution in [0.5, 0.6) is 0 Å². The SMILES string of the molecule is CCNC1(C(N)=O)CCCC(SCC)C1. The first kappa shape index (κ1) is 12.8. The highest BCUT2D eigenvalue weighted by atomic mass is 32.2. The first-order valence-corrected chi connectivity index (χ1v) is 6.86. The van der Waals surface area contributed by atoms with E-state index in [9.17, 15) is 4.79 Å². The first-order chi connectivity index (χ1) is 7.14. The van der Waals surface area contributed by atoms with E-state index in [1.54, 1.807) is 0 Å². The number of nitrogens with one attached hydrogen (secondary N) is 1. The van der Waals surface area contributed by atoms with Crippen molar-refractivity contribution in [1.29, 1.82) is 0 Å². The van der Waals surface area contributed by atoms with Gasteiger partial charge >= 0.3 is 0 Å². The molecule has 0 aliphatic heterocycles. The first-order valence-electron chi connectivity index (χ1n) is 5.81. The van der Waals surface area contributed by atoms with E-state index in [-0.39, 0.29) is 5.91 Å². The lowest BCUT2D eigenvalue weighted by Crippen LogP contribution is -2.58. The molecule has 0 saturated heterocycles. The molecule has 0 spiro atoms. The molecule has 0 aromatic carbocycles. The lowest BCUT2D eigenvalue weighted by atomic mass is 9.80. The molecule has 1 rings (SSSR count). The van der Waals surface area contributed by atoms with Gasteiger partial charge in [0.15, 0.2) is 0 Å². The molecular formula is C11H22N2OS. The van der Waals surface area contributed by atoms with Crippen molar-refractivity contribution in [3.05, 3.63) is 0 Å². The Bertz CT molecular complexity index is 217. The van der Waals surface area contributed by atoms with Crippen molar-refractivity contribution in [2.24, 2.45) is 5.73 Å². The molecule has 1 amide bonds. The summed E-state index contributed by atoms with van der Waals surface area (Å²) in [4.78, 5) is 11.6. The van der Waals surface area contributed by atoms with Gasteiger partial charge in [0.05, 0.1) is 5.54 Å². The average molecular weight is 230 g/mol. The third kappa shape index (κ3) is 3.11. The van der Waals surface area contributed by atoms with Gasteiger partial charge in [0.25, 0.3) is 0 Å². The van der Waals surface area contributed by atoms with Gasteiger partial charge in [-0.2, -0.15) is 11.8 Å². The number of hydrogen-bond donors (Lipinski definition) is 2. The second-order valence-electron chi connectivity index (χ2n) is 4.15. The van der Waals surface area contributed by atoms with Crippen LogP contribution in [0.15, 0.2) is 0 Å². The number of thioether (sulfide) groups is 1. The predicted octanol–water partition coefficient (Wildman–Crippen LogP) is 1.52. The van der Waals surface area contributed by atoms with E-state index >= 15 is 0 Å². The molecule has 3 nitrogen and oxygen atoms in total. The van der Waals surface area contributed by atoms with Crippen molar-refractivity contribution in [3.63, 3.8) is 0 Å². The van der Waals surface area contributed by atoms with Crippen molar-refractivity contribution in [3.8, 4) is 0 Å². The van der Waals surface area contributed by atoms with Crippen LogP contribution in [0.4, 0.5) is 0 Å². The molecule has 4 heteroatoms. The Labute approximate surface area is 96.6 Å². The quantitative estimate of drug-likeness (QED) is 0.753. The fraction of sp³-hybridized carbons (Fsp3) is 0.909. The van der Waals surface area contributed by atoms with Crippen molar-refractivity contribution in [2.75, 3.05) is 12.3 Å². The standard InChI is InChI=1S/C11H22N2OS/c1-3-13-11(10(12)14)7-5-6-9(8-11)15-4-2/h9,13H,3-8H2,1-2H3,(H2,12,14). The summed E-state index contributed by atoms with van der Waals surface area (Å²) in [6.45, 7) is 5.01. The minimum absolute atomic E-state index is 0.175. The van der Waals surface area contributed by atoms with Gasteiger partial charge in [-0.1, -0.05) is 13.8 Å². The van der Waals surface area contributed by atoms with Crippen LogP contribution in [-0.4, -0.2) is 29.0 Å². The maximum absolute atomic E-state index is 11.6. The highest BCUT2D eigenvalue weighted by Crippen LogP contribution is 2.34. The Morgan fingerprint density at radius 3 is 2.87 bits per heavy atom. The van der Waals surface area contributed by atoms with Gasteiger partial charge in [0.2, 0.25) is 5.91 Å². The van der Waals surface area contributed by atoms with Crippen molar-refractivity contribution in [2.45, 2.75) is 50.3 Å². The van der Waals surface area contributed by atoms with Gasteiger partial charge in [-0.05, 0) is 38.0 Å². The normalized spacial score (nSPS) is 31.5. The predicted molar refractivity (Wildman–Crippen MR) is 66.0 cm³/mol. The number of nitrogens with two attached hydrogens (primary N) is 1. The third-order valence-electron chi connectivity index (χ3n) is 3.09. The van der Waals surface area contributed by atoms with Crippen LogP contribution in [0.25, 0.3) is 0 Å². The number of amides is 1. The van der Waals surface area contributed by atoms with Crippen molar-refractivity contribution in [1.82, 2.24) is 5.32 Å². The summed E-state index contributed by atoms with van der Waals surface area (Å²) in [5, 5.41) is 3.89. The van der Waals surface area contributed by atoms with Crippen LogP contribution in [-0.2, 0) is 4.79 Å². The Balaban J connectivity index is 2.66. The van der Waals surface area contributed by atoms with Gasteiger partial charge in [0, 0.05) is 5.25 Å². The minimum Gasteiger partial charge on any atom is -0.368 e. The van der Waals surface area contributed by atoms with Crippen LogP contribution >= 0.6 is 11.8 Å². The molecule has 1 aliphatic carbocycles. The lowest BCUT2D eigenvalue weighted by molar-refractivity contribution is -0.125. The zero-order chi connectivity index (χ0) is 11.3. The maximum Gasteiger partial charge on any atom is 0.237 e. The van der Waals surface area contributed by atoms with Crippen LogP contribution in [0.1, 0.15) is 39.5 Å². The Hall–Kier alpha value is -0.220. The maximum atomic E-state index is 11.6. The van der Waals surface area contributed by atoms with E-state index in [1.807, 2.05) is 18.7 Å². The molecule has 88 valence electrons. The zero-order valence-corrected chi connectivity index (χ0v) is 10.5. The molecule has 3 N–H and O–H groups in total. The Kier molecular flexibility index (Phi) is 4.93. The summed E-state index contributed by atoms with van der Waals surface area (Å²) in [5.41, 5.74) is 5.11. The van der Waals surface area contributed by atoms with E-state index in [0.717, 1.165) is 31.6 Å². The molecule has 1 aliphatic rings. The molecular weight excluding hydrogens is 208 g/mol. The molecule has 1 saturated carbocycles. The van der Waals surface area contributed by atoms with E-state index in [0.29, 0.717) is 5.25 Å². The molecule has 2 unspecified atom stereocenters. The largest absolute Gasteiger partial charge is 0.368 e. The second-order valence-corrected chi connectivity index (χ2v) is 5.73. The number of rotatable bonds is 5. The monoisotopic (exact) mass is 230 g/mol. The number of hydrogen-bond acceptors (Lipinski definition) is 3. The third-order valence-corrected chi connectivity index (χ3v) is 4.30. The fourth-order valence-electron chi connectivity index (χ4n) is 2.41. The van der Waals surface area contributed by atoms with Crippen LogP contribution in [0.2, 0.25) is 0 Å². The number of likely N-dealkylation sites (N-methyl/N-ethyl adjacent to an activating group) is 1. The topological polar surface area (TPSA) is 55.1 Å². The molecule has 0 bridgehead atoms. The van der Waals surface area contributed by atoms with Crippen LogP contribution < -0.4 is 11.1 Å². The molecule has 0 radical (unpaired) electrons. The summed E-state index contributed by atoms with van der Waals surface area (Å²) in [6.07, 6.45) is 4.12. The summed E-state index contributed by atoms with van der Waals surface area (Å²) in [6, 6.07) is 0. The molecule has 0 aromatic rings. The highest BCUT2D eigenvalue weighted by molar-refractivity contribution is 7.99. The summed E-state index contributed by atoms with van der Waals surface area (Å²) < 4.78 is 0. The molecule has 0 heterocycles. The van der Waals surface area contributed by atoms with E-state index in [4.69, 9.17) is 5.73 Å². The fourth-order valence-corrected chi connectivity index (χ4v) is 3.62. The smallest absolute Gasteiger partial charge is 0.237 e. The van der Waals surface area contributed by atoms with E-state index in [1.165, 1.54) is 6.42 Å². The Morgan fingerprint density at radius 2 is 2.33 bits per heavy atom. The van der Waals surface area contributed by atoms with Crippen molar-refractivity contribution >= 4 is 17.7 Å². The van der Waals surface area contributed by atoms with E-state index < -0.39 is 5.54 Å². The number of primary amides is 1. The van der Waals surface area contributed by atoms with Gasteiger partial charge in [-0.3, -0.25) is 4.79 Å². The second kappa shape index (κ2) is 5.75. The highest BCUT2D eigenvalue weighted by Gasteiger charge is 2.40. The van der Waals surface area contributed by atoms with Gasteiger partial charge in [-0.25, -0.2) is 0 Å². The van der Waals surface area contributed by atoms with Crippen LogP contribution in [0.3, 0.4) is 0 Å². The minimum atomic E-state index is -0.431. The van der Waals surface area contributed by atoms with Crippen molar-refractivity contribution < 1.29 is 4.79 Å². The molecule has 2 atom stereocenters. The summed E-state index contributed by atoms with van der Waals surface area (Å²) in [5.74, 6) is 0.941. The average Bonchev–Trinajstić information content (AvgIpc) is 2.19. The molecule has 0 aromatic heterocycles. The number of carbonyl (C=O) groups excluding carboxylic acids is 1. The molecule has 1 fully saturated rings. The van der Waals surface area contributed by atoms with Crippen LogP contribution in [0, 0.1) is 0 Å².